The number of para-hydroxylation sites is 1. The molecule has 0 amide bonds. The molecule has 0 heterocycles. The highest BCUT2D eigenvalue weighted by Gasteiger charge is 2.22. The number of carbonyl (C=O) groups excluding carboxylic acids is 1. The number of ether oxygens (including phenoxy) is 2. The number of carbonyl (C=O) groups is 1. The molecule has 0 unspecified atom stereocenters. The number of Topliss-reactive ketones (excluding diaryl/α,β-unsaturated/α-hetero) is 1. The minimum atomic E-state index is 0.136. The van der Waals surface area contributed by atoms with Crippen molar-refractivity contribution in [2.45, 2.75) is 38.7 Å². The fraction of sp³-hybridized carbons (Fsp3) is 0.500. The van der Waals surface area contributed by atoms with Crippen molar-refractivity contribution in [3.05, 3.63) is 23.8 Å². The normalized spacial score (nSPS) is 15.2. The maximum Gasteiger partial charge on any atom is 0.165 e. The van der Waals surface area contributed by atoms with Gasteiger partial charge in [-0.1, -0.05) is 12.1 Å². The van der Waals surface area contributed by atoms with Crippen LogP contribution in [0.25, 0.3) is 0 Å². The van der Waals surface area contributed by atoms with Crippen LogP contribution in [0.4, 0.5) is 0 Å². The maximum absolute atomic E-state index is 11.2. The van der Waals surface area contributed by atoms with E-state index < -0.39 is 0 Å². The average Bonchev–Trinajstić information content (AvgIpc) is 2.23. The Morgan fingerprint density at radius 2 is 2.18 bits per heavy atom. The molecular formula is C14H18O3. The third-order valence-corrected chi connectivity index (χ3v) is 3.06. The first-order valence-electron chi connectivity index (χ1n) is 6.02. The van der Waals surface area contributed by atoms with E-state index in [1.165, 1.54) is 6.42 Å². The fourth-order valence-corrected chi connectivity index (χ4v) is 1.92. The second kappa shape index (κ2) is 5.21. The fourth-order valence-electron chi connectivity index (χ4n) is 1.92. The van der Waals surface area contributed by atoms with Gasteiger partial charge in [-0.05, 0) is 32.3 Å². The van der Waals surface area contributed by atoms with Gasteiger partial charge in [0.25, 0.3) is 0 Å². The number of ketones is 1. The summed E-state index contributed by atoms with van der Waals surface area (Å²) in [5.74, 6) is 1.60. The van der Waals surface area contributed by atoms with Crippen LogP contribution in [0, 0.1) is 0 Å². The minimum Gasteiger partial charge on any atom is -0.493 e. The highest BCUT2D eigenvalue weighted by Crippen LogP contribution is 2.35. The average molecular weight is 234 g/mol. The summed E-state index contributed by atoms with van der Waals surface area (Å²) in [4.78, 5) is 11.2. The Kier molecular flexibility index (Phi) is 3.67. The quantitative estimate of drug-likeness (QED) is 0.785. The summed E-state index contributed by atoms with van der Waals surface area (Å²) < 4.78 is 11.2. The smallest absolute Gasteiger partial charge is 0.165 e. The van der Waals surface area contributed by atoms with E-state index in [0.717, 1.165) is 29.9 Å². The van der Waals surface area contributed by atoms with Gasteiger partial charge < -0.3 is 9.47 Å². The largest absolute Gasteiger partial charge is 0.493 e. The van der Waals surface area contributed by atoms with Gasteiger partial charge in [-0.15, -0.1) is 0 Å². The zero-order valence-corrected chi connectivity index (χ0v) is 10.4. The Labute approximate surface area is 102 Å². The summed E-state index contributed by atoms with van der Waals surface area (Å²) in [6.45, 7) is 1.59. The van der Waals surface area contributed by atoms with Gasteiger partial charge in [-0.2, -0.15) is 0 Å². The highest BCUT2D eigenvalue weighted by atomic mass is 16.5. The second-order valence-electron chi connectivity index (χ2n) is 4.50. The summed E-state index contributed by atoms with van der Waals surface area (Å²) in [6.07, 6.45) is 4.10. The molecule has 1 fully saturated rings. The van der Waals surface area contributed by atoms with Gasteiger partial charge in [0.2, 0.25) is 0 Å². The van der Waals surface area contributed by atoms with Crippen LogP contribution in [0.5, 0.6) is 11.5 Å². The van der Waals surface area contributed by atoms with E-state index >= 15 is 0 Å². The Bertz CT molecular complexity index is 408. The van der Waals surface area contributed by atoms with E-state index in [-0.39, 0.29) is 11.9 Å². The standard InChI is InChI=1S/C14H18O3/c1-10(15)9-11-5-3-8-13(16-2)14(11)17-12-6-4-7-12/h3,5,8,12H,4,6-7,9H2,1-2H3. The molecule has 0 bridgehead atoms. The topological polar surface area (TPSA) is 35.5 Å². The SMILES string of the molecule is COc1cccc(CC(C)=O)c1OC1CCC1. The summed E-state index contributed by atoms with van der Waals surface area (Å²) >= 11 is 0. The lowest BCUT2D eigenvalue weighted by Gasteiger charge is -2.28. The lowest BCUT2D eigenvalue weighted by molar-refractivity contribution is -0.116. The van der Waals surface area contributed by atoms with Crippen molar-refractivity contribution < 1.29 is 14.3 Å². The van der Waals surface area contributed by atoms with E-state index in [2.05, 4.69) is 0 Å². The zero-order valence-electron chi connectivity index (χ0n) is 10.4. The van der Waals surface area contributed by atoms with Crippen molar-refractivity contribution in [1.82, 2.24) is 0 Å². The molecule has 17 heavy (non-hydrogen) atoms. The minimum absolute atomic E-state index is 0.136. The summed E-state index contributed by atoms with van der Waals surface area (Å²) in [5.41, 5.74) is 0.920. The molecule has 1 aliphatic rings. The van der Waals surface area contributed by atoms with Gasteiger partial charge in [-0.3, -0.25) is 4.79 Å². The van der Waals surface area contributed by atoms with Gasteiger partial charge in [0.15, 0.2) is 11.5 Å². The van der Waals surface area contributed by atoms with Crippen LogP contribution in [-0.4, -0.2) is 19.0 Å². The molecule has 0 aliphatic heterocycles. The van der Waals surface area contributed by atoms with Gasteiger partial charge in [-0.25, -0.2) is 0 Å². The Morgan fingerprint density at radius 1 is 1.41 bits per heavy atom. The van der Waals surface area contributed by atoms with Crippen LogP contribution >= 0.6 is 0 Å². The number of hydrogen-bond acceptors (Lipinski definition) is 3. The number of rotatable bonds is 5. The van der Waals surface area contributed by atoms with E-state index in [1.807, 2.05) is 18.2 Å². The molecule has 1 aliphatic carbocycles. The predicted molar refractivity (Wildman–Crippen MR) is 65.6 cm³/mol. The molecule has 0 spiro atoms. The highest BCUT2D eigenvalue weighted by molar-refractivity contribution is 5.79. The Morgan fingerprint density at radius 3 is 2.71 bits per heavy atom. The summed E-state index contributed by atoms with van der Waals surface area (Å²) in [6, 6.07) is 5.69. The van der Waals surface area contributed by atoms with E-state index in [1.54, 1.807) is 14.0 Å². The molecule has 92 valence electrons. The van der Waals surface area contributed by atoms with Crippen LogP contribution < -0.4 is 9.47 Å². The molecular weight excluding hydrogens is 216 g/mol. The van der Waals surface area contributed by atoms with Gasteiger partial charge in [0.1, 0.15) is 5.78 Å². The van der Waals surface area contributed by atoms with Gasteiger partial charge in [0.05, 0.1) is 13.2 Å². The van der Waals surface area contributed by atoms with Crippen LogP contribution in [0.2, 0.25) is 0 Å². The van der Waals surface area contributed by atoms with Crippen LogP contribution in [0.3, 0.4) is 0 Å². The van der Waals surface area contributed by atoms with Crippen LogP contribution in [0.15, 0.2) is 18.2 Å². The summed E-state index contributed by atoms with van der Waals surface area (Å²) in [5, 5.41) is 0. The summed E-state index contributed by atoms with van der Waals surface area (Å²) in [7, 11) is 1.63. The van der Waals surface area contributed by atoms with Crippen LogP contribution in [-0.2, 0) is 11.2 Å². The molecule has 0 radical (unpaired) electrons. The first-order valence-corrected chi connectivity index (χ1v) is 6.02. The number of hydrogen-bond donors (Lipinski definition) is 0. The van der Waals surface area contributed by atoms with Crippen molar-refractivity contribution in [3.63, 3.8) is 0 Å². The monoisotopic (exact) mass is 234 g/mol. The van der Waals surface area contributed by atoms with E-state index in [4.69, 9.17) is 9.47 Å². The second-order valence-corrected chi connectivity index (χ2v) is 4.50. The van der Waals surface area contributed by atoms with Crippen molar-refractivity contribution in [3.8, 4) is 11.5 Å². The van der Waals surface area contributed by atoms with Gasteiger partial charge >= 0.3 is 0 Å². The lowest BCUT2D eigenvalue weighted by atomic mass is 9.96. The predicted octanol–water partition coefficient (Wildman–Crippen LogP) is 2.76. The zero-order chi connectivity index (χ0) is 12.3. The number of methoxy groups -OCH3 is 1. The molecule has 1 aromatic rings. The first-order chi connectivity index (χ1) is 8.20. The van der Waals surface area contributed by atoms with E-state index in [0.29, 0.717) is 6.42 Å². The molecule has 2 rings (SSSR count). The molecule has 0 atom stereocenters. The first kappa shape index (κ1) is 12.0. The van der Waals surface area contributed by atoms with Crippen molar-refractivity contribution in [1.29, 1.82) is 0 Å². The third-order valence-electron chi connectivity index (χ3n) is 3.06. The number of benzene rings is 1. The van der Waals surface area contributed by atoms with Crippen molar-refractivity contribution in [2.24, 2.45) is 0 Å². The van der Waals surface area contributed by atoms with E-state index in [9.17, 15) is 4.79 Å². The van der Waals surface area contributed by atoms with Gasteiger partial charge in [0, 0.05) is 12.0 Å². The Hall–Kier alpha value is -1.51. The molecule has 3 nitrogen and oxygen atoms in total. The van der Waals surface area contributed by atoms with Crippen molar-refractivity contribution in [2.75, 3.05) is 7.11 Å². The molecule has 0 N–H and O–H groups in total. The molecule has 1 saturated carbocycles. The van der Waals surface area contributed by atoms with Crippen LogP contribution in [0.1, 0.15) is 31.7 Å². The van der Waals surface area contributed by atoms with Crippen molar-refractivity contribution >= 4 is 5.78 Å². The molecule has 1 aromatic carbocycles. The molecule has 0 saturated heterocycles. The Balaban J connectivity index is 2.25. The third kappa shape index (κ3) is 2.78. The molecule has 3 heteroatoms. The maximum atomic E-state index is 11.2. The molecule has 0 aromatic heterocycles. The lowest BCUT2D eigenvalue weighted by Crippen LogP contribution is -2.25.